The Bertz CT molecular complexity index is 764. The molecule has 5 nitrogen and oxygen atoms in total. The Labute approximate surface area is 146 Å². The lowest BCUT2D eigenvalue weighted by Crippen LogP contribution is -2.26. The highest BCUT2D eigenvalue weighted by atomic mass is 19.1. The smallest absolute Gasteiger partial charge is 0.123 e. The number of hydrogen-bond acceptors (Lipinski definition) is 4. The predicted molar refractivity (Wildman–Crippen MR) is 96.3 cm³/mol. The molecule has 0 radical (unpaired) electrons. The highest BCUT2D eigenvalue weighted by Gasteiger charge is 2.10. The minimum absolute atomic E-state index is 0.262. The van der Waals surface area contributed by atoms with Gasteiger partial charge in [-0.15, -0.1) is 0 Å². The molecule has 3 aromatic rings. The van der Waals surface area contributed by atoms with Crippen LogP contribution in [0.4, 0.5) is 4.39 Å². The topological polar surface area (TPSA) is 66.5 Å². The first-order valence-corrected chi connectivity index (χ1v) is 8.50. The predicted octanol–water partition coefficient (Wildman–Crippen LogP) is 3.68. The summed E-state index contributed by atoms with van der Waals surface area (Å²) in [4.78, 5) is 8.06. The molecule has 6 heteroatoms. The molecule has 130 valence electrons. The fourth-order valence-corrected chi connectivity index (χ4v) is 2.73. The maximum absolute atomic E-state index is 12.9. The van der Waals surface area contributed by atoms with Crippen LogP contribution in [-0.4, -0.2) is 33.3 Å². The largest absolute Gasteiger partial charge is 0.317 e. The molecule has 1 aliphatic heterocycles. The van der Waals surface area contributed by atoms with Crippen molar-refractivity contribution < 1.29 is 4.39 Å². The second-order valence-electron chi connectivity index (χ2n) is 6.19. The molecule has 2 aromatic heterocycles. The Morgan fingerprint density at radius 3 is 2.44 bits per heavy atom. The van der Waals surface area contributed by atoms with Gasteiger partial charge >= 0.3 is 0 Å². The van der Waals surface area contributed by atoms with Gasteiger partial charge in [-0.05, 0) is 62.2 Å². The molecule has 4 rings (SSSR count). The number of rotatable bonds is 2. The zero-order valence-electron chi connectivity index (χ0n) is 14.2. The Hall–Kier alpha value is -2.60. The quantitative estimate of drug-likeness (QED) is 0.747. The van der Waals surface area contributed by atoms with Gasteiger partial charge in [0.15, 0.2) is 0 Å². The van der Waals surface area contributed by atoms with Gasteiger partial charge in [0.25, 0.3) is 0 Å². The van der Waals surface area contributed by atoms with Gasteiger partial charge in [0, 0.05) is 17.3 Å². The van der Waals surface area contributed by atoms with Crippen molar-refractivity contribution in [3.8, 4) is 22.5 Å². The average Bonchev–Trinajstić information content (AvgIpc) is 3.14. The van der Waals surface area contributed by atoms with E-state index in [-0.39, 0.29) is 5.82 Å². The highest BCUT2D eigenvalue weighted by Crippen LogP contribution is 2.28. The van der Waals surface area contributed by atoms with Crippen LogP contribution in [0.1, 0.15) is 19.8 Å². The summed E-state index contributed by atoms with van der Waals surface area (Å²) < 4.78 is 12.9. The molecule has 2 N–H and O–H groups in total. The van der Waals surface area contributed by atoms with E-state index in [2.05, 4.69) is 32.4 Å². The molecule has 0 amide bonds. The van der Waals surface area contributed by atoms with Crippen LogP contribution in [-0.2, 0) is 0 Å². The third kappa shape index (κ3) is 4.70. The molecule has 1 saturated heterocycles. The van der Waals surface area contributed by atoms with Crippen molar-refractivity contribution in [1.82, 2.24) is 25.5 Å². The maximum atomic E-state index is 12.9. The van der Waals surface area contributed by atoms with E-state index in [0.29, 0.717) is 0 Å². The number of halogens is 1. The first-order valence-electron chi connectivity index (χ1n) is 8.50. The van der Waals surface area contributed by atoms with Gasteiger partial charge in [-0.3, -0.25) is 5.10 Å². The van der Waals surface area contributed by atoms with E-state index in [1.807, 2.05) is 0 Å². The first kappa shape index (κ1) is 17.2. The third-order valence-electron chi connectivity index (χ3n) is 4.26. The average molecular weight is 339 g/mol. The number of nitrogens with zero attached hydrogens (tertiary/aromatic N) is 3. The van der Waals surface area contributed by atoms with Crippen molar-refractivity contribution in [3.63, 3.8) is 0 Å². The first-order chi connectivity index (χ1) is 12.2. The third-order valence-corrected chi connectivity index (χ3v) is 4.26. The molecule has 3 heterocycles. The van der Waals surface area contributed by atoms with Crippen molar-refractivity contribution in [2.24, 2.45) is 5.92 Å². The molecular weight excluding hydrogens is 317 g/mol. The molecular formula is C19H22FN5. The molecule has 0 bridgehead atoms. The summed E-state index contributed by atoms with van der Waals surface area (Å²) in [6.07, 6.45) is 7.60. The van der Waals surface area contributed by atoms with Crippen molar-refractivity contribution in [2.45, 2.75) is 19.8 Å². The number of piperidine rings is 1. The van der Waals surface area contributed by atoms with Gasteiger partial charge < -0.3 is 5.32 Å². The summed E-state index contributed by atoms with van der Waals surface area (Å²) in [6, 6.07) is 8.04. The van der Waals surface area contributed by atoms with Crippen LogP contribution in [0, 0.1) is 11.7 Å². The van der Waals surface area contributed by atoms with E-state index in [9.17, 15) is 4.39 Å². The lowest BCUT2D eigenvalue weighted by atomic mass is 10.0. The zero-order valence-corrected chi connectivity index (χ0v) is 14.2. The summed E-state index contributed by atoms with van der Waals surface area (Å²) >= 11 is 0. The van der Waals surface area contributed by atoms with Gasteiger partial charge in [-0.2, -0.15) is 5.10 Å². The summed E-state index contributed by atoms with van der Waals surface area (Å²) in [5.41, 5.74) is 3.32. The molecule has 1 aliphatic rings. The van der Waals surface area contributed by atoms with E-state index in [0.717, 1.165) is 28.4 Å². The molecule has 0 spiro atoms. The van der Waals surface area contributed by atoms with Gasteiger partial charge in [0.2, 0.25) is 0 Å². The van der Waals surface area contributed by atoms with Crippen LogP contribution in [0.15, 0.2) is 49.1 Å². The lowest BCUT2D eigenvalue weighted by Gasteiger charge is -2.17. The Morgan fingerprint density at radius 2 is 1.84 bits per heavy atom. The second-order valence-corrected chi connectivity index (χ2v) is 6.19. The van der Waals surface area contributed by atoms with Crippen LogP contribution < -0.4 is 5.32 Å². The number of hydrogen-bond donors (Lipinski definition) is 2. The standard InChI is InChI=1S/C13H9FN4.C6H13N/c14-10-3-1-9(2-4-10)13-11(7-17-18-13)12-5-6-15-8-16-12;1-6-2-4-7-5-3-6/h1-8H,(H,17,18);6-7H,2-5H2,1H3. The Morgan fingerprint density at radius 1 is 1.08 bits per heavy atom. The molecule has 0 atom stereocenters. The van der Waals surface area contributed by atoms with Gasteiger partial charge in [-0.25, -0.2) is 14.4 Å². The normalized spacial score (nSPS) is 14.6. The van der Waals surface area contributed by atoms with Crippen molar-refractivity contribution in [1.29, 1.82) is 0 Å². The Balaban J connectivity index is 0.000000219. The number of aromatic amines is 1. The second kappa shape index (κ2) is 8.48. The number of H-pyrrole nitrogens is 1. The zero-order chi connectivity index (χ0) is 17.5. The van der Waals surface area contributed by atoms with E-state index in [4.69, 9.17) is 0 Å². The minimum atomic E-state index is -0.262. The van der Waals surface area contributed by atoms with Crippen LogP contribution in [0.2, 0.25) is 0 Å². The summed E-state index contributed by atoms with van der Waals surface area (Å²) in [5.74, 6) is 0.711. The van der Waals surface area contributed by atoms with Crippen LogP contribution in [0.3, 0.4) is 0 Å². The fourth-order valence-electron chi connectivity index (χ4n) is 2.73. The van der Waals surface area contributed by atoms with E-state index in [1.54, 1.807) is 30.6 Å². The van der Waals surface area contributed by atoms with E-state index >= 15 is 0 Å². The van der Waals surface area contributed by atoms with Crippen molar-refractivity contribution in [3.05, 3.63) is 54.9 Å². The maximum Gasteiger partial charge on any atom is 0.123 e. The molecule has 0 saturated carbocycles. The number of nitrogens with one attached hydrogen (secondary N) is 2. The van der Waals surface area contributed by atoms with E-state index in [1.165, 1.54) is 44.4 Å². The van der Waals surface area contributed by atoms with Crippen LogP contribution in [0.25, 0.3) is 22.5 Å². The number of benzene rings is 1. The summed E-state index contributed by atoms with van der Waals surface area (Å²) in [6.45, 7) is 4.79. The SMILES string of the molecule is CC1CCNCC1.Fc1ccc(-c2[nH]ncc2-c2ccncn2)cc1. The Kier molecular flexibility index (Phi) is 5.85. The van der Waals surface area contributed by atoms with Gasteiger partial charge in [-0.1, -0.05) is 6.92 Å². The molecule has 1 fully saturated rings. The van der Waals surface area contributed by atoms with Crippen molar-refractivity contribution >= 4 is 0 Å². The molecule has 25 heavy (non-hydrogen) atoms. The van der Waals surface area contributed by atoms with Gasteiger partial charge in [0.1, 0.15) is 12.1 Å². The van der Waals surface area contributed by atoms with Gasteiger partial charge in [0.05, 0.1) is 17.6 Å². The van der Waals surface area contributed by atoms with Crippen LogP contribution in [0.5, 0.6) is 0 Å². The fraction of sp³-hybridized carbons (Fsp3) is 0.316. The number of aromatic nitrogens is 4. The summed E-state index contributed by atoms with van der Waals surface area (Å²) in [5, 5.41) is 10.2. The minimum Gasteiger partial charge on any atom is -0.317 e. The monoisotopic (exact) mass is 339 g/mol. The molecule has 0 aliphatic carbocycles. The summed E-state index contributed by atoms with van der Waals surface area (Å²) in [7, 11) is 0. The van der Waals surface area contributed by atoms with Crippen molar-refractivity contribution in [2.75, 3.05) is 13.1 Å². The lowest BCUT2D eigenvalue weighted by molar-refractivity contribution is 0.402. The molecule has 1 aromatic carbocycles. The van der Waals surface area contributed by atoms with Crippen LogP contribution >= 0.6 is 0 Å². The van der Waals surface area contributed by atoms with E-state index < -0.39 is 0 Å². The highest BCUT2D eigenvalue weighted by molar-refractivity contribution is 5.78. The molecule has 0 unspecified atom stereocenters.